The fourth-order valence-electron chi connectivity index (χ4n) is 0.985. The van der Waals surface area contributed by atoms with Gasteiger partial charge in [0.05, 0.1) is 6.26 Å². The van der Waals surface area contributed by atoms with Crippen LogP contribution in [-0.2, 0) is 0 Å². The Balaban J connectivity index is 2.86. The van der Waals surface area contributed by atoms with Crippen molar-refractivity contribution in [1.29, 1.82) is 0 Å². The molecule has 1 aromatic heterocycles. The summed E-state index contributed by atoms with van der Waals surface area (Å²) in [5, 5.41) is 1.06. The van der Waals surface area contributed by atoms with E-state index in [2.05, 4.69) is 0 Å². The zero-order chi connectivity index (χ0) is 6.97. The van der Waals surface area contributed by atoms with E-state index < -0.39 is 0 Å². The summed E-state index contributed by atoms with van der Waals surface area (Å²) in [6.07, 6.45) is 1.66. The minimum atomic E-state index is 0.772. The predicted octanol–water partition coefficient (Wildman–Crippen LogP) is 1.23. The van der Waals surface area contributed by atoms with E-state index >= 15 is 0 Å². The summed E-state index contributed by atoms with van der Waals surface area (Å²) in [7, 11) is 5.54. The molecule has 2 heteroatoms. The highest BCUT2D eigenvalue weighted by molar-refractivity contribution is 6.33. The number of rotatable bonds is 0. The Morgan fingerprint density at radius 3 is 3.00 bits per heavy atom. The first kappa shape index (κ1) is 5.60. The number of fused-ring (bicyclic) bond motifs is 1. The summed E-state index contributed by atoms with van der Waals surface area (Å²) >= 11 is 0. The maximum atomic E-state index is 5.54. The van der Waals surface area contributed by atoms with Gasteiger partial charge in [-0.05, 0) is 12.1 Å². The quantitative estimate of drug-likeness (QED) is 0.486. The maximum absolute atomic E-state index is 5.54. The van der Waals surface area contributed by atoms with Gasteiger partial charge in [0.15, 0.2) is 0 Å². The summed E-state index contributed by atoms with van der Waals surface area (Å²) in [6, 6.07) is 7.47. The zero-order valence-electron chi connectivity index (χ0n) is 5.37. The molecule has 2 radical (unpaired) electrons. The SMILES string of the molecule is [B]c1ccc2occc2c1. The summed E-state index contributed by atoms with van der Waals surface area (Å²) < 4.78 is 5.12. The molecule has 0 aliphatic rings. The zero-order valence-corrected chi connectivity index (χ0v) is 5.37. The third-order valence-corrected chi connectivity index (χ3v) is 1.48. The second-order valence-electron chi connectivity index (χ2n) is 2.22. The third kappa shape index (κ3) is 0.729. The molecule has 2 rings (SSSR count). The van der Waals surface area contributed by atoms with Gasteiger partial charge in [-0.2, -0.15) is 0 Å². The van der Waals surface area contributed by atoms with Crippen molar-refractivity contribution in [3.8, 4) is 0 Å². The van der Waals surface area contributed by atoms with Gasteiger partial charge in [0.1, 0.15) is 13.4 Å². The van der Waals surface area contributed by atoms with Crippen molar-refractivity contribution < 1.29 is 4.42 Å². The molecule has 1 heterocycles. The smallest absolute Gasteiger partial charge is 0.133 e. The van der Waals surface area contributed by atoms with Gasteiger partial charge in [-0.25, -0.2) is 0 Å². The monoisotopic (exact) mass is 128 g/mol. The van der Waals surface area contributed by atoms with Crippen LogP contribution in [0.15, 0.2) is 34.9 Å². The Morgan fingerprint density at radius 1 is 1.20 bits per heavy atom. The molecule has 0 unspecified atom stereocenters. The van der Waals surface area contributed by atoms with E-state index in [0.29, 0.717) is 0 Å². The fourth-order valence-corrected chi connectivity index (χ4v) is 0.985. The third-order valence-electron chi connectivity index (χ3n) is 1.48. The van der Waals surface area contributed by atoms with Gasteiger partial charge < -0.3 is 4.42 Å². The Kier molecular flexibility index (Phi) is 1.07. The van der Waals surface area contributed by atoms with E-state index in [1.54, 1.807) is 6.26 Å². The van der Waals surface area contributed by atoms with Crippen molar-refractivity contribution >= 4 is 24.3 Å². The van der Waals surface area contributed by atoms with Crippen molar-refractivity contribution in [2.24, 2.45) is 0 Å². The molecular weight excluding hydrogens is 123 g/mol. The molecular formula is C8H5BO. The first-order valence-electron chi connectivity index (χ1n) is 3.09. The largest absolute Gasteiger partial charge is 0.464 e. The molecule has 0 bridgehead atoms. The molecule has 0 aliphatic heterocycles. The molecule has 0 fully saturated rings. The second-order valence-corrected chi connectivity index (χ2v) is 2.22. The number of hydrogen-bond donors (Lipinski definition) is 0. The van der Waals surface area contributed by atoms with Crippen LogP contribution in [0.2, 0.25) is 0 Å². The van der Waals surface area contributed by atoms with Crippen LogP contribution in [0.1, 0.15) is 0 Å². The first-order chi connectivity index (χ1) is 4.86. The van der Waals surface area contributed by atoms with Crippen LogP contribution in [-0.4, -0.2) is 7.85 Å². The molecule has 0 atom stereocenters. The van der Waals surface area contributed by atoms with Crippen LogP contribution in [0, 0.1) is 0 Å². The molecule has 0 aliphatic carbocycles. The van der Waals surface area contributed by atoms with E-state index in [9.17, 15) is 0 Å². The van der Waals surface area contributed by atoms with E-state index in [4.69, 9.17) is 12.3 Å². The van der Waals surface area contributed by atoms with Crippen molar-refractivity contribution in [3.63, 3.8) is 0 Å². The highest BCUT2D eigenvalue weighted by Crippen LogP contribution is 2.11. The first-order valence-corrected chi connectivity index (χ1v) is 3.09. The van der Waals surface area contributed by atoms with E-state index in [0.717, 1.165) is 16.4 Å². The van der Waals surface area contributed by atoms with Crippen LogP contribution >= 0.6 is 0 Å². The van der Waals surface area contributed by atoms with Gasteiger partial charge in [0, 0.05) is 5.39 Å². The molecule has 1 aromatic carbocycles. The highest BCUT2D eigenvalue weighted by atomic mass is 16.3. The summed E-state index contributed by atoms with van der Waals surface area (Å²) in [6.45, 7) is 0. The second kappa shape index (κ2) is 1.91. The molecule has 0 saturated heterocycles. The van der Waals surface area contributed by atoms with Gasteiger partial charge in [0.2, 0.25) is 0 Å². The van der Waals surface area contributed by atoms with Crippen molar-refractivity contribution in [3.05, 3.63) is 30.5 Å². The van der Waals surface area contributed by atoms with Gasteiger partial charge >= 0.3 is 0 Å². The number of benzene rings is 1. The van der Waals surface area contributed by atoms with E-state index in [-0.39, 0.29) is 0 Å². The minimum Gasteiger partial charge on any atom is -0.464 e. The van der Waals surface area contributed by atoms with Crippen LogP contribution in [0.25, 0.3) is 11.0 Å². The molecule has 0 saturated carbocycles. The highest BCUT2D eigenvalue weighted by Gasteiger charge is 1.93. The van der Waals surface area contributed by atoms with Gasteiger partial charge in [0.25, 0.3) is 0 Å². The van der Waals surface area contributed by atoms with Crippen LogP contribution in [0.3, 0.4) is 0 Å². The standard InChI is InChI=1S/C8H5BO/c9-7-1-2-8-6(5-7)3-4-10-8/h1-5H. The number of hydrogen-bond acceptors (Lipinski definition) is 1. The Morgan fingerprint density at radius 2 is 2.10 bits per heavy atom. The molecule has 10 heavy (non-hydrogen) atoms. The maximum Gasteiger partial charge on any atom is 0.133 e. The molecule has 0 N–H and O–H groups in total. The summed E-state index contributed by atoms with van der Waals surface area (Å²) in [5.41, 5.74) is 1.66. The predicted molar refractivity (Wildman–Crippen MR) is 41.6 cm³/mol. The molecule has 1 nitrogen and oxygen atoms in total. The average Bonchev–Trinajstić information content (AvgIpc) is 2.33. The van der Waals surface area contributed by atoms with Gasteiger partial charge in [-0.15, -0.1) is 0 Å². The summed E-state index contributed by atoms with van der Waals surface area (Å²) in [5.74, 6) is 0. The minimum absolute atomic E-state index is 0.772. The van der Waals surface area contributed by atoms with Crippen molar-refractivity contribution in [2.75, 3.05) is 0 Å². The van der Waals surface area contributed by atoms with Crippen LogP contribution < -0.4 is 5.46 Å². The molecule has 2 aromatic rings. The Bertz CT molecular complexity index is 351. The Labute approximate surface area is 60.1 Å². The average molecular weight is 128 g/mol. The van der Waals surface area contributed by atoms with Crippen LogP contribution in [0.4, 0.5) is 0 Å². The van der Waals surface area contributed by atoms with Crippen molar-refractivity contribution in [1.82, 2.24) is 0 Å². The molecule has 0 amide bonds. The normalized spacial score (nSPS) is 10.4. The van der Waals surface area contributed by atoms with E-state index in [1.807, 2.05) is 24.3 Å². The lowest BCUT2D eigenvalue weighted by molar-refractivity contribution is 0.616. The van der Waals surface area contributed by atoms with Gasteiger partial charge in [-0.1, -0.05) is 17.6 Å². The topological polar surface area (TPSA) is 13.1 Å². The van der Waals surface area contributed by atoms with Gasteiger partial charge in [-0.3, -0.25) is 0 Å². The Hall–Kier alpha value is -1.18. The lowest BCUT2D eigenvalue weighted by Crippen LogP contribution is -1.98. The van der Waals surface area contributed by atoms with E-state index in [1.165, 1.54) is 0 Å². The van der Waals surface area contributed by atoms with Crippen molar-refractivity contribution in [2.45, 2.75) is 0 Å². The lowest BCUT2D eigenvalue weighted by Gasteiger charge is -1.89. The molecule has 0 spiro atoms. The summed E-state index contributed by atoms with van der Waals surface area (Å²) in [4.78, 5) is 0. The molecule has 46 valence electrons. The van der Waals surface area contributed by atoms with Crippen LogP contribution in [0.5, 0.6) is 0 Å². The fraction of sp³-hybridized carbons (Fsp3) is 0. The number of furan rings is 1. The lowest BCUT2D eigenvalue weighted by atomic mass is 9.95.